The van der Waals surface area contributed by atoms with Gasteiger partial charge in [-0.3, -0.25) is 4.79 Å². The summed E-state index contributed by atoms with van der Waals surface area (Å²) in [5.41, 5.74) is 2.91. The first-order valence-electron chi connectivity index (χ1n) is 7.82. The molecule has 122 valence electrons. The highest BCUT2D eigenvalue weighted by Gasteiger charge is 2.26. The first-order valence-corrected chi connectivity index (χ1v) is 8.61. The number of hydrogen-bond acceptors (Lipinski definition) is 1. The minimum atomic E-state index is -0.268. The van der Waals surface area contributed by atoms with Gasteiger partial charge in [0.1, 0.15) is 0 Å². The van der Waals surface area contributed by atoms with Crippen molar-refractivity contribution >= 4 is 38.4 Å². The third kappa shape index (κ3) is 3.02. The van der Waals surface area contributed by atoms with Gasteiger partial charge in [0.05, 0.1) is 11.6 Å². The predicted octanol–water partition coefficient (Wildman–Crippen LogP) is 5.25. The summed E-state index contributed by atoms with van der Waals surface area (Å²) >= 11 is 3.52. The fourth-order valence-electron chi connectivity index (χ4n) is 2.99. The van der Waals surface area contributed by atoms with Crippen LogP contribution in [0.1, 0.15) is 17.9 Å². The first-order chi connectivity index (χ1) is 11.6. The molecule has 0 saturated heterocycles. The zero-order valence-electron chi connectivity index (χ0n) is 13.5. The number of carbonyl (C=O) groups excluding carboxylic acids is 1. The maximum atomic E-state index is 13.2. The Kier molecular flexibility index (Phi) is 4.86. The standard InChI is InChI=1S/C20H19BrN2O/c1-3-8-15(16-13-22-18-11-6-4-9-14(16)18)20(24)23(2)19-12-7-5-10-17(19)21/h3-7,9-13,15,22H,1,8H2,2H3. The second-order valence-corrected chi connectivity index (χ2v) is 6.57. The van der Waals surface area contributed by atoms with Crippen molar-refractivity contribution in [1.82, 2.24) is 4.98 Å². The maximum Gasteiger partial charge on any atom is 0.234 e. The summed E-state index contributed by atoms with van der Waals surface area (Å²) in [5.74, 6) is -0.220. The van der Waals surface area contributed by atoms with Crippen molar-refractivity contribution in [1.29, 1.82) is 0 Å². The number of likely N-dealkylation sites (N-methyl/N-ethyl adjacent to an activating group) is 1. The molecule has 1 amide bonds. The van der Waals surface area contributed by atoms with Crippen molar-refractivity contribution < 1.29 is 4.79 Å². The molecule has 2 aromatic carbocycles. The summed E-state index contributed by atoms with van der Waals surface area (Å²) in [6.45, 7) is 3.83. The van der Waals surface area contributed by atoms with E-state index in [1.54, 1.807) is 11.0 Å². The normalized spacial score (nSPS) is 12.1. The van der Waals surface area contributed by atoms with Crippen LogP contribution in [0.15, 0.2) is 71.9 Å². The van der Waals surface area contributed by atoms with Crippen molar-refractivity contribution in [3.05, 3.63) is 77.4 Å². The van der Waals surface area contributed by atoms with Gasteiger partial charge in [-0.15, -0.1) is 6.58 Å². The van der Waals surface area contributed by atoms with Gasteiger partial charge in [-0.05, 0) is 46.1 Å². The number of para-hydroxylation sites is 2. The summed E-state index contributed by atoms with van der Waals surface area (Å²) in [6, 6.07) is 15.8. The average molecular weight is 383 g/mol. The number of allylic oxidation sites excluding steroid dienone is 1. The van der Waals surface area contributed by atoms with Gasteiger partial charge in [0, 0.05) is 28.6 Å². The van der Waals surface area contributed by atoms with Crippen LogP contribution in [-0.4, -0.2) is 17.9 Å². The smallest absolute Gasteiger partial charge is 0.234 e. The number of halogens is 1. The van der Waals surface area contributed by atoms with Gasteiger partial charge in [-0.1, -0.05) is 36.4 Å². The third-order valence-corrected chi connectivity index (χ3v) is 4.91. The molecule has 1 atom stereocenters. The number of nitrogens with one attached hydrogen (secondary N) is 1. The predicted molar refractivity (Wildman–Crippen MR) is 103 cm³/mol. The van der Waals surface area contributed by atoms with Gasteiger partial charge in [0.2, 0.25) is 5.91 Å². The van der Waals surface area contributed by atoms with Crippen LogP contribution >= 0.6 is 15.9 Å². The molecule has 1 N–H and O–H groups in total. The monoisotopic (exact) mass is 382 g/mol. The lowest BCUT2D eigenvalue weighted by Gasteiger charge is -2.24. The number of nitrogens with zero attached hydrogens (tertiary/aromatic N) is 1. The number of anilines is 1. The van der Waals surface area contributed by atoms with E-state index in [1.165, 1.54) is 0 Å². The second-order valence-electron chi connectivity index (χ2n) is 5.72. The van der Waals surface area contributed by atoms with Gasteiger partial charge in [-0.2, -0.15) is 0 Å². The highest BCUT2D eigenvalue weighted by molar-refractivity contribution is 9.10. The second kappa shape index (κ2) is 7.05. The number of benzene rings is 2. The molecule has 0 aliphatic heterocycles. The minimum Gasteiger partial charge on any atom is -0.361 e. The van der Waals surface area contributed by atoms with Gasteiger partial charge in [0.15, 0.2) is 0 Å². The van der Waals surface area contributed by atoms with E-state index in [1.807, 2.05) is 61.8 Å². The summed E-state index contributed by atoms with van der Waals surface area (Å²) in [5, 5.41) is 1.08. The lowest BCUT2D eigenvalue weighted by Crippen LogP contribution is -2.31. The van der Waals surface area contributed by atoms with Crippen molar-refractivity contribution in [2.45, 2.75) is 12.3 Å². The molecule has 0 fully saturated rings. The molecule has 1 aromatic heterocycles. The Balaban J connectivity index is 2.00. The molecule has 3 nitrogen and oxygen atoms in total. The average Bonchev–Trinajstić information content (AvgIpc) is 3.03. The van der Waals surface area contributed by atoms with Crippen LogP contribution in [0.2, 0.25) is 0 Å². The molecule has 0 spiro atoms. The van der Waals surface area contributed by atoms with E-state index in [0.29, 0.717) is 6.42 Å². The van der Waals surface area contributed by atoms with Crippen LogP contribution in [0.4, 0.5) is 5.69 Å². The van der Waals surface area contributed by atoms with Crippen LogP contribution in [-0.2, 0) is 4.79 Å². The molecule has 1 unspecified atom stereocenters. The SMILES string of the molecule is C=CCC(C(=O)N(C)c1ccccc1Br)c1c[nH]c2ccccc12. The van der Waals surface area contributed by atoms with E-state index in [-0.39, 0.29) is 11.8 Å². The van der Waals surface area contributed by atoms with Gasteiger partial charge in [0.25, 0.3) is 0 Å². The van der Waals surface area contributed by atoms with Gasteiger partial charge in [-0.25, -0.2) is 0 Å². The number of H-pyrrole nitrogens is 1. The molecule has 0 aliphatic rings. The van der Waals surface area contributed by atoms with E-state index < -0.39 is 0 Å². The van der Waals surface area contributed by atoms with Gasteiger partial charge < -0.3 is 9.88 Å². The Hall–Kier alpha value is -2.33. The lowest BCUT2D eigenvalue weighted by molar-refractivity contribution is -0.119. The van der Waals surface area contributed by atoms with Crippen LogP contribution in [0.5, 0.6) is 0 Å². The number of aromatic nitrogens is 1. The molecule has 0 radical (unpaired) electrons. The minimum absolute atomic E-state index is 0.0477. The van der Waals surface area contributed by atoms with Crippen molar-refractivity contribution in [2.75, 3.05) is 11.9 Å². The van der Waals surface area contributed by atoms with Crippen LogP contribution < -0.4 is 4.90 Å². The quantitative estimate of drug-likeness (QED) is 0.600. The highest BCUT2D eigenvalue weighted by atomic mass is 79.9. The largest absolute Gasteiger partial charge is 0.361 e. The van der Waals surface area contributed by atoms with E-state index in [2.05, 4.69) is 27.5 Å². The zero-order valence-corrected chi connectivity index (χ0v) is 15.1. The molecule has 4 heteroatoms. The summed E-state index contributed by atoms with van der Waals surface area (Å²) in [7, 11) is 1.81. The molecule has 3 aromatic rings. The molecule has 1 heterocycles. The number of rotatable bonds is 5. The molecule has 3 rings (SSSR count). The van der Waals surface area contributed by atoms with E-state index in [0.717, 1.165) is 26.6 Å². The molecular formula is C20H19BrN2O. The Labute approximate surface area is 150 Å². The molecule has 0 aliphatic carbocycles. The topological polar surface area (TPSA) is 36.1 Å². The molecule has 0 bridgehead atoms. The fraction of sp³-hybridized carbons (Fsp3) is 0.150. The Morgan fingerprint density at radius 1 is 1.25 bits per heavy atom. The van der Waals surface area contributed by atoms with E-state index in [9.17, 15) is 4.79 Å². The summed E-state index contributed by atoms with van der Waals surface area (Å²) < 4.78 is 0.900. The van der Waals surface area contributed by atoms with Crippen molar-refractivity contribution in [2.24, 2.45) is 0 Å². The fourth-order valence-corrected chi connectivity index (χ4v) is 3.54. The third-order valence-electron chi connectivity index (χ3n) is 4.24. The number of aromatic amines is 1. The van der Waals surface area contributed by atoms with Gasteiger partial charge >= 0.3 is 0 Å². The Bertz CT molecular complexity index is 884. The Morgan fingerprint density at radius 2 is 1.96 bits per heavy atom. The highest BCUT2D eigenvalue weighted by Crippen LogP contribution is 2.32. The number of fused-ring (bicyclic) bond motifs is 1. The number of carbonyl (C=O) groups is 1. The zero-order chi connectivity index (χ0) is 17.1. The molecule has 0 saturated carbocycles. The first kappa shape index (κ1) is 16.5. The van der Waals surface area contributed by atoms with Crippen LogP contribution in [0.3, 0.4) is 0 Å². The summed E-state index contributed by atoms with van der Waals surface area (Å²) in [4.78, 5) is 18.1. The number of hydrogen-bond donors (Lipinski definition) is 1. The lowest BCUT2D eigenvalue weighted by atomic mass is 9.93. The van der Waals surface area contributed by atoms with Crippen LogP contribution in [0.25, 0.3) is 10.9 Å². The maximum absolute atomic E-state index is 13.2. The molecular weight excluding hydrogens is 364 g/mol. The summed E-state index contributed by atoms with van der Waals surface area (Å²) in [6.07, 6.45) is 4.33. The Morgan fingerprint density at radius 3 is 2.71 bits per heavy atom. The van der Waals surface area contributed by atoms with E-state index in [4.69, 9.17) is 0 Å². The van der Waals surface area contributed by atoms with Crippen LogP contribution in [0, 0.1) is 0 Å². The van der Waals surface area contributed by atoms with E-state index >= 15 is 0 Å². The van der Waals surface area contributed by atoms with Crippen molar-refractivity contribution in [3.63, 3.8) is 0 Å². The molecule has 24 heavy (non-hydrogen) atoms. The van der Waals surface area contributed by atoms with Crippen molar-refractivity contribution in [3.8, 4) is 0 Å². The number of amides is 1.